The first-order chi connectivity index (χ1) is 15.4. The van der Waals surface area contributed by atoms with Crippen LogP contribution in [0.2, 0.25) is 0 Å². The lowest BCUT2D eigenvalue weighted by atomic mass is 10.2. The highest BCUT2D eigenvalue weighted by molar-refractivity contribution is 7.80. The summed E-state index contributed by atoms with van der Waals surface area (Å²) in [4.78, 5) is 34.8. The Kier molecular flexibility index (Phi) is 7.39. The van der Waals surface area contributed by atoms with E-state index in [0.717, 1.165) is 0 Å². The lowest BCUT2D eigenvalue weighted by molar-refractivity contribution is -0.384. The lowest BCUT2D eigenvalue weighted by Gasteiger charge is -2.10. The molecular weight excluding hydrogens is 428 g/mol. The van der Waals surface area contributed by atoms with E-state index in [4.69, 9.17) is 12.2 Å². The number of rotatable bonds is 6. The van der Waals surface area contributed by atoms with Crippen LogP contribution in [-0.2, 0) is 4.79 Å². The van der Waals surface area contributed by atoms with Gasteiger partial charge in [-0.05, 0) is 54.2 Å². The average molecular weight is 446 g/mol. The minimum Gasteiger partial charge on any atom is -0.332 e. The van der Waals surface area contributed by atoms with Gasteiger partial charge >= 0.3 is 0 Å². The van der Waals surface area contributed by atoms with Gasteiger partial charge in [0.25, 0.3) is 11.6 Å². The molecule has 0 aromatic heterocycles. The molecule has 3 N–H and O–H groups in total. The Morgan fingerprint density at radius 3 is 2.34 bits per heavy atom. The Balaban J connectivity index is 1.57. The number of nitrogens with zero attached hydrogens (tertiary/aromatic N) is 1. The molecule has 0 heterocycles. The van der Waals surface area contributed by atoms with Gasteiger partial charge < -0.3 is 10.6 Å². The lowest BCUT2D eigenvalue weighted by Crippen LogP contribution is -2.32. The zero-order valence-corrected chi connectivity index (χ0v) is 17.5. The molecule has 9 heteroatoms. The average Bonchev–Trinajstić information content (AvgIpc) is 2.78. The number of amides is 2. The van der Waals surface area contributed by atoms with Crippen LogP contribution in [0.25, 0.3) is 6.08 Å². The third-order valence-electron chi connectivity index (χ3n) is 4.16. The zero-order valence-electron chi connectivity index (χ0n) is 16.6. The summed E-state index contributed by atoms with van der Waals surface area (Å²) >= 11 is 5.15. The molecule has 160 valence electrons. The van der Waals surface area contributed by atoms with Crippen molar-refractivity contribution in [3.63, 3.8) is 0 Å². The number of nitro groups is 1. The molecule has 0 radical (unpaired) electrons. The minimum atomic E-state index is -0.509. The first-order valence-corrected chi connectivity index (χ1v) is 9.82. The van der Waals surface area contributed by atoms with Gasteiger partial charge in [-0.15, -0.1) is 0 Å². The number of carbonyl (C=O) groups is 2. The van der Waals surface area contributed by atoms with Gasteiger partial charge in [0, 0.05) is 35.1 Å². The molecule has 3 rings (SSSR count). The smallest absolute Gasteiger partial charge is 0.270 e. The van der Waals surface area contributed by atoms with Crippen molar-refractivity contribution in [1.82, 2.24) is 5.32 Å². The number of anilines is 2. The Bertz CT molecular complexity index is 1200. The van der Waals surface area contributed by atoms with Gasteiger partial charge in [-0.1, -0.05) is 36.4 Å². The molecule has 32 heavy (non-hydrogen) atoms. The summed E-state index contributed by atoms with van der Waals surface area (Å²) in [5.41, 5.74) is 2.05. The Morgan fingerprint density at radius 1 is 0.875 bits per heavy atom. The van der Waals surface area contributed by atoms with Gasteiger partial charge in [-0.2, -0.15) is 0 Å². The summed E-state index contributed by atoms with van der Waals surface area (Å²) in [6.45, 7) is 0. The summed E-state index contributed by atoms with van der Waals surface area (Å²) in [7, 11) is 0. The molecule has 0 atom stereocenters. The van der Waals surface area contributed by atoms with Crippen LogP contribution in [0.3, 0.4) is 0 Å². The predicted octanol–water partition coefficient (Wildman–Crippen LogP) is 4.37. The first kappa shape index (κ1) is 22.3. The quantitative estimate of drug-likeness (QED) is 0.224. The van der Waals surface area contributed by atoms with Gasteiger partial charge in [0.2, 0.25) is 5.91 Å². The molecule has 0 aliphatic rings. The standard InChI is InChI=1S/C23H18N4O4S/c28-21(13-12-16-6-4-11-20(14-16)27(30)31)26-23(32)25-19-10-5-7-17(15-19)22(29)24-18-8-2-1-3-9-18/h1-15H,(H,24,29)(H2,25,26,28,32)/b13-12+. The number of carbonyl (C=O) groups excluding carboxylic acids is 2. The molecule has 0 unspecified atom stereocenters. The van der Waals surface area contributed by atoms with Crippen molar-refractivity contribution in [2.75, 3.05) is 10.6 Å². The van der Waals surface area contributed by atoms with E-state index in [1.54, 1.807) is 42.5 Å². The van der Waals surface area contributed by atoms with Crippen LogP contribution in [0.1, 0.15) is 15.9 Å². The van der Waals surface area contributed by atoms with Crippen LogP contribution in [-0.4, -0.2) is 21.9 Å². The van der Waals surface area contributed by atoms with Gasteiger partial charge in [0.05, 0.1) is 4.92 Å². The van der Waals surface area contributed by atoms with E-state index >= 15 is 0 Å². The van der Waals surface area contributed by atoms with Gasteiger partial charge in [0.1, 0.15) is 0 Å². The summed E-state index contributed by atoms with van der Waals surface area (Å²) in [5.74, 6) is -0.790. The minimum absolute atomic E-state index is 0.0410. The van der Waals surface area contributed by atoms with E-state index in [-0.39, 0.29) is 16.7 Å². The van der Waals surface area contributed by atoms with E-state index in [1.807, 2.05) is 18.2 Å². The highest BCUT2D eigenvalue weighted by Crippen LogP contribution is 2.15. The van der Waals surface area contributed by atoms with Crippen LogP contribution in [0.4, 0.5) is 17.1 Å². The van der Waals surface area contributed by atoms with Crippen molar-refractivity contribution < 1.29 is 14.5 Å². The van der Waals surface area contributed by atoms with Crippen molar-refractivity contribution in [1.29, 1.82) is 0 Å². The number of nitrogens with one attached hydrogen (secondary N) is 3. The van der Waals surface area contributed by atoms with E-state index in [0.29, 0.717) is 22.5 Å². The molecule has 0 saturated heterocycles. The van der Waals surface area contributed by atoms with Crippen molar-refractivity contribution >= 4 is 52.3 Å². The Labute approximate surface area is 189 Å². The number of nitro benzene ring substituents is 1. The monoisotopic (exact) mass is 446 g/mol. The third kappa shape index (κ3) is 6.57. The highest BCUT2D eigenvalue weighted by Gasteiger charge is 2.08. The van der Waals surface area contributed by atoms with Crippen LogP contribution in [0.15, 0.2) is 84.9 Å². The zero-order chi connectivity index (χ0) is 22.9. The topological polar surface area (TPSA) is 113 Å². The molecule has 0 fully saturated rings. The SMILES string of the molecule is O=C(/C=C/c1cccc([N+](=O)[O-])c1)NC(=S)Nc1cccc(C(=O)Nc2ccccc2)c1. The van der Waals surface area contributed by atoms with Gasteiger partial charge in [0.15, 0.2) is 5.11 Å². The second-order valence-corrected chi connectivity index (χ2v) is 6.94. The van der Waals surface area contributed by atoms with Crippen LogP contribution in [0, 0.1) is 10.1 Å². The molecule has 3 aromatic rings. The maximum Gasteiger partial charge on any atom is 0.270 e. The van der Waals surface area contributed by atoms with E-state index in [1.165, 1.54) is 30.4 Å². The predicted molar refractivity (Wildman–Crippen MR) is 127 cm³/mol. The van der Waals surface area contributed by atoms with Crippen molar-refractivity contribution in [2.45, 2.75) is 0 Å². The fraction of sp³-hybridized carbons (Fsp3) is 0. The largest absolute Gasteiger partial charge is 0.332 e. The van der Waals surface area contributed by atoms with Crippen LogP contribution >= 0.6 is 12.2 Å². The number of para-hydroxylation sites is 1. The summed E-state index contributed by atoms with van der Waals surface area (Å²) in [6.07, 6.45) is 2.66. The second-order valence-electron chi connectivity index (χ2n) is 6.53. The molecular formula is C23H18N4O4S. The number of hydrogen-bond donors (Lipinski definition) is 3. The number of hydrogen-bond acceptors (Lipinski definition) is 5. The summed E-state index contributed by atoms with van der Waals surface area (Å²) < 4.78 is 0. The van der Waals surface area contributed by atoms with Gasteiger partial charge in [-0.25, -0.2) is 0 Å². The third-order valence-corrected chi connectivity index (χ3v) is 4.36. The fourth-order valence-corrected chi connectivity index (χ4v) is 2.91. The fourth-order valence-electron chi connectivity index (χ4n) is 2.69. The maximum absolute atomic E-state index is 12.4. The summed E-state index contributed by atoms with van der Waals surface area (Å²) in [6, 6.07) is 21.6. The Hall–Kier alpha value is -4.37. The molecule has 0 aliphatic carbocycles. The van der Waals surface area contributed by atoms with E-state index in [2.05, 4.69) is 16.0 Å². The first-order valence-electron chi connectivity index (χ1n) is 9.42. The maximum atomic E-state index is 12.4. The molecule has 8 nitrogen and oxygen atoms in total. The van der Waals surface area contributed by atoms with Crippen molar-refractivity contribution in [2.24, 2.45) is 0 Å². The number of non-ortho nitro benzene ring substituents is 1. The number of thiocarbonyl (C=S) groups is 1. The molecule has 2 amide bonds. The normalized spacial score (nSPS) is 10.4. The molecule has 0 bridgehead atoms. The molecule has 0 spiro atoms. The Morgan fingerprint density at radius 2 is 1.59 bits per heavy atom. The van der Waals surface area contributed by atoms with Crippen molar-refractivity contribution in [3.8, 4) is 0 Å². The molecule has 0 aliphatic heterocycles. The second kappa shape index (κ2) is 10.6. The van der Waals surface area contributed by atoms with E-state index < -0.39 is 10.8 Å². The highest BCUT2D eigenvalue weighted by atomic mass is 32.1. The van der Waals surface area contributed by atoms with Crippen LogP contribution < -0.4 is 16.0 Å². The molecule has 3 aromatic carbocycles. The van der Waals surface area contributed by atoms with Crippen molar-refractivity contribution in [3.05, 3.63) is 106 Å². The summed E-state index contributed by atoms with van der Waals surface area (Å²) in [5, 5.41) is 19.0. The van der Waals surface area contributed by atoms with Gasteiger partial charge in [-0.3, -0.25) is 25.0 Å². The van der Waals surface area contributed by atoms with Crippen LogP contribution in [0.5, 0.6) is 0 Å². The van der Waals surface area contributed by atoms with E-state index in [9.17, 15) is 19.7 Å². The number of benzene rings is 3. The molecule has 0 saturated carbocycles.